The number of nitrogens with zero attached hydrogens (tertiary/aromatic N) is 6. The zero-order chi connectivity index (χ0) is 40.0. The Kier molecular flexibility index (Phi) is 22.2. The normalized spacial score (nSPS) is 17.8. The molecule has 3 aromatic rings. The maximum Gasteiger partial charge on any atom is 0.251 e. The summed E-state index contributed by atoms with van der Waals surface area (Å²) in [4.78, 5) is 24.1. The Morgan fingerprint density at radius 1 is 0.673 bits per heavy atom. The Labute approximate surface area is 339 Å². The van der Waals surface area contributed by atoms with Crippen molar-refractivity contribution >= 4 is 34.6 Å². The van der Waals surface area contributed by atoms with Crippen LogP contribution < -0.4 is 17.2 Å². The number of alkyl halides is 6. The largest absolute Gasteiger partial charge is 0.397 e. The van der Waals surface area contributed by atoms with E-state index in [0.717, 1.165) is 28.2 Å². The van der Waals surface area contributed by atoms with E-state index in [-0.39, 0.29) is 84.2 Å². The minimum absolute atomic E-state index is 0. The van der Waals surface area contributed by atoms with Gasteiger partial charge in [0.2, 0.25) is 11.2 Å². The summed E-state index contributed by atoms with van der Waals surface area (Å²) in [5, 5.41) is 7.77. The topological polar surface area (TPSA) is 176 Å². The van der Waals surface area contributed by atoms with E-state index in [1.807, 2.05) is 20.8 Å². The van der Waals surface area contributed by atoms with E-state index in [9.17, 15) is 26.3 Å². The summed E-state index contributed by atoms with van der Waals surface area (Å²) >= 11 is 5.45. The molecule has 0 aromatic carbocycles. The van der Waals surface area contributed by atoms with Crippen LogP contribution in [-0.4, -0.2) is 59.4 Å². The van der Waals surface area contributed by atoms with Gasteiger partial charge < -0.3 is 29.7 Å². The van der Waals surface area contributed by atoms with E-state index in [1.54, 1.807) is 38.1 Å². The van der Waals surface area contributed by atoms with Gasteiger partial charge in [0.1, 0.15) is 23.3 Å². The molecule has 312 valence electrons. The van der Waals surface area contributed by atoms with Crippen LogP contribution in [0, 0.1) is 28.2 Å². The number of halogens is 7. The molecule has 3 aliphatic carbocycles. The van der Waals surface area contributed by atoms with Crippen molar-refractivity contribution in [2.24, 2.45) is 0 Å². The minimum atomic E-state index is -2.58. The van der Waals surface area contributed by atoms with Crippen molar-refractivity contribution in [3.05, 3.63) is 77.4 Å². The minimum Gasteiger partial charge on any atom is -0.397 e. The molecule has 3 heterocycles. The second-order valence-corrected chi connectivity index (χ2v) is 13.4. The fourth-order valence-corrected chi connectivity index (χ4v) is 5.53. The molecule has 0 amide bonds. The number of anilines is 3. The Bertz CT molecular complexity index is 1600. The fourth-order valence-electron chi connectivity index (χ4n) is 5.29. The molecule has 0 unspecified atom stereocenters. The average Bonchev–Trinajstić information content (AvgIpc) is 3.02. The van der Waals surface area contributed by atoms with Crippen LogP contribution in [0.25, 0.3) is 5.57 Å². The summed E-state index contributed by atoms with van der Waals surface area (Å²) < 4.78 is 76.5. The Morgan fingerprint density at radius 2 is 1.13 bits per heavy atom. The zero-order valence-electron chi connectivity index (χ0n) is 32.1. The van der Waals surface area contributed by atoms with Crippen molar-refractivity contribution in [3.63, 3.8) is 0 Å². The first kappa shape index (κ1) is 51.6. The molecule has 0 spiro atoms. The van der Waals surface area contributed by atoms with Crippen LogP contribution in [0.15, 0.2) is 35.9 Å². The molecule has 1 fully saturated rings. The third-order valence-corrected chi connectivity index (χ3v) is 8.19. The van der Waals surface area contributed by atoms with Crippen LogP contribution in [-0.2, 0) is 20.4 Å². The maximum absolute atomic E-state index is 13.0. The number of nitrogens with two attached hydrogens (primary N) is 3. The predicted molar refractivity (Wildman–Crippen MR) is 203 cm³/mol. The van der Waals surface area contributed by atoms with Gasteiger partial charge in [-0.1, -0.05) is 17.7 Å². The number of allylic oxidation sites excluding steroid dienone is 4. The van der Waals surface area contributed by atoms with E-state index in [1.165, 1.54) is 6.08 Å². The number of rotatable bonds is 2. The van der Waals surface area contributed by atoms with Gasteiger partial charge in [0.05, 0.1) is 0 Å². The van der Waals surface area contributed by atoms with Gasteiger partial charge in [-0.3, -0.25) is 0 Å². The van der Waals surface area contributed by atoms with Gasteiger partial charge in [0, 0.05) is 107 Å². The van der Waals surface area contributed by atoms with Gasteiger partial charge in [-0.25, -0.2) is 56.2 Å². The smallest absolute Gasteiger partial charge is 0.251 e. The van der Waals surface area contributed by atoms with Crippen molar-refractivity contribution in [3.8, 4) is 0 Å². The van der Waals surface area contributed by atoms with E-state index in [0.29, 0.717) is 54.8 Å². The molecule has 0 aliphatic heterocycles. The molecule has 0 atom stereocenters. The number of nitrogen functional groups attached to an aromatic ring is 3. The summed E-state index contributed by atoms with van der Waals surface area (Å²) in [7, 11) is 0. The molecule has 0 radical (unpaired) electrons. The molecule has 1 saturated carbocycles. The van der Waals surface area contributed by atoms with Gasteiger partial charge in [-0.15, -0.1) is 0 Å². The second kappa shape index (κ2) is 23.6. The third kappa shape index (κ3) is 20.4. The SMILES string of the molecule is CC1=CCC(F)(F)CC1.CCO.Cc1cc(N)nc(C2=CCC(F)(F)CC2)n1.Cc1cc(N)nc(C2CCC(F)(F)CC2)n1.Cc1cc(N)nc(Cl)n1.[CH3-].[Pd]. The van der Waals surface area contributed by atoms with Gasteiger partial charge in [-0.05, 0) is 77.5 Å². The first-order valence-corrected chi connectivity index (χ1v) is 17.6. The Balaban J connectivity index is 0.000000703. The molecule has 6 rings (SSSR count). The van der Waals surface area contributed by atoms with Crippen LogP contribution in [0.4, 0.5) is 43.8 Å². The van der Waals surface area contributed by atoms with E-state index in [2.05, 4.69) is 29.9 Å². The Hall–Kier alpha value is -3.39. The van der Waals surface area contributed by atoms with Crippen molar-refractivity contribution < 1.29 is 51.9 Å². The molecule has 3 aromatic heterocycles. The second-order valence-electron chi connectivity index (χ2n) is 13.1. The zero-order valence-corrected chi connectivity index (χ0v) is 34.4. The number of aliphatic hydroxyl groups is 1. The van der Waals surface area contributed by atoms with Gasteiger partial charge in [0.15, 0.2) is 5.82 Å². The average molecular weight is 896 g/mol. The van der Waals surface area contributed by atoms with E-state index < -0.39 is 17.8 Å². The third-order valence-electron chi connectivity index (χ3n) is 8.02. The molecule has 7 N–H and O–H groups in total. The van der Waals surface area contributed by atoms with Crippen molar-refractivity contribution in [1.29, 1.82) is 0 Å². The molecule has 18 heteroatoms. The molecular weight excluding hydrogens is 842 g/mol. The maximum atomic E-state index is 13.0. The van der Waals surface area contributed by atoms with Gasteiger partial charge >= 0.3 is 0 Å². The fraction of sp³-hybridized carbons (Fsp3) is 0.541. The summed E-state index contributed by atoms with van der Waals surface area (Å²) in [6.07, 6.45) is 4.34. The first-order chi connectivity index (χ1) is 24.6. The molecule has 0 saturated heterocycles. The quantitative estimate of drug-likeness (QED) is 0.0638. The predicted octanol–water partition coefficient (Wildman–Crippen LogP) is 9.45. The van der Waals surface area contributed by atoms with Crippen molar-refractivity contribution in [2.45, 2.75) is 123 Å². The monoisotopic (exact) mass is 894 g/mol. The van der Waals surface area contributed by atoms with Crippen LogP contribution >= 0.6 is 11.6 Å². The van der Waals surface area contributed by atoms with Crippen LogP contribution in [0.1, 0.15) is 113 Å². The first-order valence-electron chi connectivity index (χ1n) is 17.2. The standard InChI is InChI=1S/C11H15F2N3.C11H13F2N3.C7H10F2.C5H6ClN3.C2H6O.CH3.Pd/c2*1-7-6-9(14)16-10(15-7)8-2-4-11(12,13)5-3-8;1-6-2-4-7(8,9)5-3-6;1-3-2-4(7)9-5(6)8-3;1-2-3;;/h6,8H,2-5H2,1H3,(H2,14,15,16);2,6H,3-5H2,1H3,(H2,14,15,16);2H,3-5H2,1H3;2H,1H3,(H2,7,8,9);3H,2H2,1H3;1H3;/q;;;;;-1;. The number of hydrogen-bond donors (Lipinski definition) is 4. The summed E-state index contributed by atoms with van der Waals surface area (Å²) in [6.45, 7) is 9.28. The number of aromatic nitrogens is 6. The van der Waals surface area contributed by atoms with Gasteiger partial charge in [-0.2, -0.15) is 0 Å². The summed E-state index contributed by atoms with van der Waals surface area (Å²) in [5.41, 5.74) is 20.7. The van der Waals surface area contributed by atoms with E-state index >= 15 is 0 Å². The van der Waals surface area contributed by atoms with E-state index in [4.69, 9.17) is 33.9 Å². The molecule has 55 heavy (non-hydrogen) atoms. The molecular formula is C37H53ClF6N9OPd-. The molecule has 0 bridgehead atoms. The van der Waals surface area contributed by atoms with Crippen molar-refractivity contribution in [1.82, 2.24) is 29.9 Å². The summed E-state index contributed by atoms with van der Waals surface area (Å²) in [6, 6.07) is 4.99. The van der Waals surface area contributed by atoms with Crippen molar-refractivity contribution in [2.75, 3.05) is 23.8 Å². The molecule has 3 aliphatic rings. The van der Waals surface area contributed by atoms with Crippen LogP contribution in [0.3, 0.4) is 0 Å². The van der Waals surface area contributed by atoms with Crippen LogP contribution in [0.2, 0.25) is 5.28 Å². The van der Waals surface area contributed by atoms with Gasteiger partial charge in [0.25, 0.3) is 11.8 Å². The number of aliphatic hydroxyl groups excluding tert-OH is 1. The summed E-state index contributed by atoms with van der Waals surface area (Å²) in [5.74, 6) is -5.18. The number of hydrogen-bond acceptors (Lipinski definition) is 10. The Morgan fingerprint density at radius 3 is 1.53 bits per heavy atom. The van der Waals surface area contributed by atoms with Crippen LogP contribution in [0.5, 0.6) is 0 Å². The molecule has 10 nitrogen and oxygen atoms in total. The number of aryl methyl sites for hydroxylation is 3.